The zero-order chi connectivity index (χ0) is 20.4. The van der Waals surface area contributed by atoms with E-state index in [1.54, 1.807) is 12.1 Å². The predicted molar refractivity (Wildman–Crippen MR) is 104 cm³/mol. The molecule has 2 aromatic carbocycles. The number of halogens is 3. The van der Waals surface area contributed by atoms with Crippen LogP contribution in [0.3, 0.4) is 0 Å². The second-order valence-electron chi connectivity index (χ2n) is 6.56. The molecule has 0 saturated heterocycles. The molecule has 2 heterocycles. The monoisotopic (exact) mass is 395 g/mol. The molecule has 0 radical (unpaired) electrons. The molecule has 4 nitrogen and oxygen atoms in total. The van der Waals surface area contributed by atoms with E-state index in [0.29, 0.717) is 16.9 Å². The van der Waals surface area contributed by atoms with E-state index in [1.165, 1.54) is 12.1 Å². The van der Waals surface area contributed by atoms with Crippen LogP contribution in [0.1, 0.15) is 11.1 Å². The van der Waals surface area contributed by atoms with Gasteiger partial charge in [-0.15, -0.1) is 0 Å². The third kappa shape index (κ3) is 4.13. The average molecular weight is 395 g/mol. The largest absolute Gasteiger partial charge is 0.416 e. The van der Waals surface area contributed by atoms with Crippen LogP contribution in [0.5, 0.6) is 0 Å². The topological polar surface area (TPSA) is 46.4 Å². The molecule has 0 bridgehead atoms. The number of anilines is 1. The molecular formula is C22H16F3N3O. The Balaban J connectivity index is 1.57. The van der Waals surface area contributed by atoms with Gasteiger partial charge in [-0.3, -0.25) is 4.79 Å². The van der Waals surface area contributed by atoms with Crippen molar-refractivity contribution in [2.24, 2.45) is 0 Å². The number of benzene rings is 2. The van der Waals surface area contributed by atoms with Gasteiger partial charge in [-0.2, -0.15) is 13.2 Å². The van der Waals surface area contributed by atoms with E-state index in [2.05, 4.69) is 10.3 Å². The summed E-state index contributed by atoms with van der Waals surface area (Å²) in [6, 6.07) is 17.6. The number of hydrogen-bond donors (Lipinski definition) is 1. The molecule has 0 spiro atoms. The van der Waals surface area contributed by atoms with E-state index >= 15 is 0 Å². The maximum atomic E-state index is 12.9. The van der Waals surface area contributed by atoms with Gasteiger partial charge in [-0.1, -0.05) is 42.5 Å². The number of rotatable bonds is 4. The minimum atomic E-state index is -4.44. The number of carbonyl (C=O) groups excluding carboxylic acids is 1. The van der Waals surface area contributed by atoms with Crippen LogP contribution in [0.25, 0.3) is 16.9 Å². The quantitative estimate of drug-likeness (QED) is 0.516. The third-order valence-corrected chi connectivity index (χ3v) is 4.46. The first-order valence-corrected chi connectivity index (χ1v) is 8.89. The molecular weight excluding hydrogens is 379 g/mol. The molecule has 0 fully saturated rings. The summed E-state index contributed by atoms with van der Waals surface area (Å²) in [5.41, 5.74) is 2.26. The van der Waals surface area contributed by atoms with Crippen LogP contribution < -0.4 is 5.32 Å². The number of nitrogens with one attached hydrogen (secondary N) is 1. The fourth-order valence-corrected chi connectivity index (χ4v) is 3.12. The third-order valence-electron chi connectivity index (χ3n) is 4.46. The van der Waals surface area contributed by atoms with Crippen molar-refractivity contribution in [3.63, 3.8) is 0 Å². The number of para-hydroxylation sites is 1. The maximum Gasteiger partial charge on any atom is 0.416 e. The number of alkyl halides is 3. The van der Waals surface area contributed by atoms with E-state index in [-0.39, 0.29) is 6.42 Å². The maximum absolute atomic E-state index is 12.9. The summed E-state index contributed by atoms with van der Waals surface area (Å²) in [6.07, 6.45) is -0.876. The SMILES string of the molecule is O=C(Cc1cccc(C(F)(F)F)c1)Nc1ccccc1-c1cn2ccccc2n1. The predicted octanol–water partition coefficient (Wildman–Crippen LogP) is 5.20. The zero-order valence-electron chi connectivity index (χ0n) is 15.1. The van der Waals surface area contributed by atoms with Crippen molar-refractivity contribution < 1.29 is 18.0 Å². The smallest absolute Gasteiger partial charge is 0.325 e. The van der Waals surface area contributed by atoms with Crippen molar-refractivity contribution in [1.82, 2.24) is 9.38 Å². The van der Waals surface area contributed by atoms with Crippen molar-refractivity contribution >= 4 is 17.2 Å². The Labute approximate surface area is 164 Å². The van der Waals surface area contributed by atoms with Crippen LogP contribution in [0.15, 0.2) is 79.1 Å². The van der Waals surface area contributed by atoms with Crippen molar-refractivity contribution in [3.05, 3.63) is 90.3 Å². The van der Waals surface area contributed by atoms with Gasteiger partial charge in [0, 0.05) is 18.0 Å². The molecule has 1 amide bonds. The summed E-state index contributed by atoms with van der Waals surface area (Å²) in [4.78, 5) is 17.0. The van der Waals surface area contributed by atoms with Gasteiger partial charge in [-0.05, 0) is 29.8 Å². The lowest BCUT2D eigenvalue weighted by Crippen LogP contribution is -2.15. The second-order valence-corrected chi connectivity index (χ2v) is 6.56. The molecule has 1 N–H and O–H groups in total. The fraction of sp³-hybridized carbons (Fsp3) is 0.0909. The summed E-state index contributed by atoms with van der Waals surface area (Å²) in [7, 11) is 0. The van der Waals surface area contributed by atoms with Crippen molar-refractivity contribution in [2.75, 3.05) is 5.32 Å². The molecule has 0 aliphatic heterocycles. The van der Waals surface area contributed by atoms with Gasteiger partial charge in [0.1, 0.15) is 5.65 Å². The van der Waals surface area contributed by atoms with E-state index in [9.17, 15) is 18.0 Å². The zero-order valence-corrected chi connectivity index (χ0v) is 15.1. The van der Waals surface area contributed by atoms with Crippen molar-refractivity contribution in [3.8, 4) is 11.3 Å². The lowest BCUT2D eigenvalue weighted by atomic mass is 10.1. The Kier molecular flexibility index (Phi) is 4.80. The number of fused-ring (bicyclic) bond motifs is 1. The Hall–Kier alpha value is -3.61. The summed E-state index contributed by atoms with van der Waals surface area (Å²) >= 11 is 0. The van der Waals surface area contributed by atoms with E-state index in [1.807, 2.05) is 47.1 Å². The highest BCUT2D eigenvalue weighted by molar-refractivity contribution is 5.96. The van der Waals surface area contributed by atoms with Gasteiger partial charge >= 0.3 is 6.18 Å². The van der Waals surface area contributed by atoms with Gasteiger partial charge in [0.2, 0.25) is 5.91 Å². The Bertz CT molecular complexity index is 1150. The molecule has 29 heavy (non-hydrogen) atoms. The number of imidazole rings is 1. The molecule has 0 unspecified atom stereocenters. The van der Waals surface area contributed by atoms with Gasteiger partial charge < -0.3 is 9.72 Å². The van der Waals surface area contributed by atoms with E-state index in [0.717, 1.165) is 23.3 Å². The van der Waals surface area contributed by atoms with Crippen molar-refractivity contribution in [2.45, 2.75) is 12.6 Å². The number of aromatic nitrogens is 2. The number of nitrogens with zero attached hydrogens (tertiary/aromatic N) is 2. The number of amides is 1. The summed E-state index contributed by atoms with van der Waals surface area (Å²) in [5, 5.41) is 2.79. The van der Waals surface area contributed by atoms with E-state index in [4.69, 9.17) is 0 Å². The first-order chi connectivity index (χ1) is 13.9. The summed E-state index contributed by atoms with van der Waals surface area (Å²) in [5.74, 6) is -0.402. The molecule has 4 rings (SSSR count). The fourth-order valence-electron chi connectivity index (χ4n) is 3.12. The van der Waals surface area contributed by atoms with Crippen LogP contribution in [0.4, 0.5) is 18.9 Å². The lowest BCUT2D eigenvalue weighted by Gasteiger charge is -2.11. The van der Waals surface area contributed by atoms with Gasteiger partial charge in [-0.25, -0.2) is 4.98 Å². The number of carbonyl (C=O) groups is 1. The number of pyridine rings is 1. The van der Waals surface area contributed by atoms with Crippen LogP contribution in [0, 0.1) is 0 Å². The standard InChI is InChI=1S/C22H16F3N3O/c23-22(24,25)16-7-5-6-15(12-16)13-21(29)27-18-9-2-1-8-17(18)19-14-28-11-4-3-10-20(28)26-19/h1-12,14H,13H2,(H,27,29). The van der Waals surface area contributed by atoms with Crippen LogP contribution in [0.2, 0.25) is 0 Å². The molecule has 2 aromatic heterocycles. The average Bonchev–Trinajstić information content (AvgIpc) is 3.12. The Morgan fingerprint density at radius 2 is 1.79 bits per heavy atom. The van der Waals surface area contributed by atoms with Crippen LogP contribution in [-0.2, 0) is 17.4 Å². The normalized spacial score (nSPS) is 11.6. The number of hydrogen-bond acceptors (Lipinski definition) is 2. The molecule has 4 aromatic rings. The highest BCUT2D eigenvalue weighted by Crippen LogP contribution is 2.30. The highest BCUT2D eigenvalue weighted by atomic mass is 19.4. The summed E-state index contributed by atoms with van der Waals surface area (Å²) in [6.45, 7) is 0. The van der Waals surface area contributed by atoms with E-state index < -0.39 is 17.6 Å². The minimum absolute atomic E-state index is 0.163. The molecule has 0 atom stereocenters. The summed E-state index contributed by atoms with van der Waals surface area (Å²) < 4.78 is 40.5. The first kappa shape index (κ1) is 18.7. The highest BCUT2D eigenvalue weighted by Gasteiger charge is 2.30. The van der Waals surface area contributed by atoms with Crippen LogP contribution in [-0.4, -0.2) is 15.3 Å². The molecule has 7 heteroatoms. The van der Waals surface area contributed by atoms with Gasteiger partial charge in [0.05, 0.1) is 23.4 Å². The Morgan fingerprint density at radius 1 is 1.00 bits per heavy atom. The molecule has 0 aliphatic rings. The minimum Gasteiger partial charge on any atom is -0.325 e. The van der Waals surface area contributed by atoms with Crippen LogP contribution >= 0.6 is 0 Å². The van der Waals surface area contributed by atoms with Gasteiger partial charge in [0.25, 0.3) is 0 Å². The Morgan fingerprint density at radius 3 is 2.59 bits per heavy atom. The lowest BCUT2D eigenvalue weighted by molar-refractivity contribution is -0.137. The molecule has 146 valence electrons. The van der Waals surface area contributed by atoms with Crippen molar-refractivity contribution in [1.29, 1.82) is 0 Å². The molecule has 0 saturated carbocycles. The second kappa shape index (κ2) is 7.43. The molecule has 0 aliphatic carbocycles. The van der Waals surface area contributed by atoms with Gasteiger partial charge in [0.15, 0.2) is 0 Å². The first-order valence-electron chi connectivity index (χ1n) is 8.89.